The van der Waals surface area contributed by atoms with Crippen molar-refractivity contribution in [2.75, 3.05) is 6.61 Å². The molecule has 1 saturated heterocycles. The SMILES string of the molecule is C=C(C)C1C=CC(OC(=O)c2ccccc2)C23COC(C)(C(OC(=O)c4cccnc4)C4(OC(C)=O)CC(C)C(OC(C)=O)C4C2OC(C)=O)C13. The molecular formula is C39H43NO11. The number of aromatic nitrogens is 1. The normalized spacial score (nSPS) is 36.0. The number of pyridine rings is 1. The zero-order valence-corrected chi connectivity index (χ0v) is 29.5. The predicted molar refractivity (Wildman–Crippen MR) is 180 cm³/mol. The Kier molecular flexibility index (Phi) is 9.43. The molecule has 0 spiro atoms. The third kappa shape index (κ3) is 5.92. The molecular weight excluding hydrogens is 658 g/mol. The summed E-state index contributed by atoms with van der Waals surface area (Å²) < 4.78 is 38.5. The number of carbonyl (C=O) groups excluding carboxylic acids is 5. The highest BCUT2D eigenvalue weighted by atomic mass is 16.6. The minimum atomic E-state index is -1.77. The summed E-state index contributed by atoms with van der Waals surface area (Å²) in [5.74, 6) is -6.23. The lowest BCUT2D eigenvalue weighted by atomic mass is 9.55. The van der Waals surface area contributed by atoms with E-state index in [1.165, 1.54) is 33.2 Å². The van der Waals surface area contributed by atoms with E-state index in [9.17, 15) is 24.0 Å². The van der Waals surface area contributed by atoms with Crippen LogP contribution in [0.15, 0.2) is 79.2 Å². The van der Waals surface area contributed by atoms with Gasteiger partial charge in [0.2, 0.25) is 0 Å². The Labute approximate surface area is 296 Å². The van der Waals surface area contributed by atoms with Crippen LogP contribution in [0.4, 0.5) is 0 Å². The summed E-state index contributed by atoms with van der Waals surface area (Å²) in [7, 11) is 0. The molecule has 11 atom stereocenters. The van der Waals surface area contributed by atoms with Crippen LogP contribution in [0.5, 0.6) is 0 Å². The number of benzene rings is 1. The monoisotopic (exact) mass is 701 g/mol. The van der Waals surface area contributed by atoms with Gasteiger partial charge in [-0.05, 0) is 56.5 Å². The Hall–Kier alpha value is -4.84. The Morgan fingerprint density at radius 3 is 2.12 bits per heavy atom. The molecule has 3 fully saturated rings. The number of rotatable bonds is 8. The molecule has 1 aliphatic heterocycles. The van der Waals surface area contributed by atoms with Crippen LogP contribution < -0.4 is 0 Å². The van der Waals surface area contributed by atoms with E-state index in [1.807, 2.05) is 19.9 Å². The number of nitrogens with zero attached hydrogens (tertiary/aromatic N) is 1. The summed E-state index contributed by atoms with van der Waals surface area (Å²) >= 11 is 0. The summed E-state index contributed by atoms with van der Waals surface area (Å²) in [5.41, 5.74) is -3.50. The second-order valence-electron chi connectivity index (χ2n) is 14.4. The van der Waals surface area contributed by atoms with Crippen LogP contribution in [0.1, 0.15) is 68.7 Å². The first-order valence-electron chi connectivity index (χ1n) is 17.0. The van der Waals surface area contributed by atoms with Crippen LogP contribution in [0.3, 0.4) is 0 Å². The van der Waals surface area contributed by atoms with Crippen molar-refractivity contribution in [2.45, 2.75) is 83.6 Å². The maximum absolute atomic E-state index is 14.1. The molecule has 12 heteroatoms. The van der Waals surface area contributed by atoms with Gasteiger partial charge in [0.15, 0.2) is 11.7 Å². The molecule has 0 N–H and O–H groups in total. The second kappa shape index (κ2) is 13.4. The van der Waals surface area contributed by atoms with Crippen molar-refractivity contribution in [2.24, 2.45) is 29.1 Å². The van der Waals surface area contributed by atoms with Gasteiger partial charge in [-0.3, -0.25) is 19.4 Å². The largest absolute Gasteiger partial charge is 0.462 e. The topological polar surface area (TPSA) is 154 Å². The summed E-state index contributed by atoms with van der Waals surface area (Å²) in [4.78, 5) is 71.3. The Bertz CT molecular complexity index is 1760. The van der Waals surface area contributed by atoms with Crippen LogP contribution >= 0.6 is 0 Å². The number of esters is 5. The first kappa shape index (κ1) is 36.0. The van der Waals surface area contributed by atoms with Gasteiger partial charge in [-0.15, -0.1) is 0 Å². The second-order valence-corrected chi connectivity index (χ2v) is 14.4. The zero-order chi connectivity index (χ0) is 36.9. The number of allylic oxidation sites excluding steroid dienone is 2. The van der Waals surface area contributed by atoms with Gasteiger partial charge in [0, 0.05) is 45.0 Å². The molecule has 11 unspecified atom stereocenters. The maximum Gasteiger partial charge on any atom is 0.340 e. The fourth-order valence-electron chi connectivity index (χ4n) is 9.44. The van der Waals surface area contributed by atoms with Crippen molar-refractivity contribution < 1.29 is 52.4 Å². The average molecular weight is 702 g/mol. The Morgan fingerprint density at radius 1 is 0.843 bits per heavy atom. The standard InChI is InChI=1S/C39H43NO11/c1-21(2)28-15-16-29(49-34(44)26-12-9-8-10-13-26)38-20-46-37(7,32(28)38)36(50-35(45)27-14-11-17-40-19-27)39(51-25(6)43)18-22(3)31(47-23(4)41)30(39)33(38)48-24(5)42/h8-17,19,22,28-33,36H,1,18,20H2,2-7H3. The van der Waals surface area contributed by atoms with Crippen LogP contribution in [0.2, 0.25) is 0 Å². The highest BCUT2D eigenvalue weighted by Gasteiger charge is 2.82. The molecule has 1 aromatic heterocycles. The number of ether oxygens (including phenoxy) is 6. The van der Waals surface area contributed by atoms with E-state index >= 15 is 0 Å². The van der Waals surface area contributed by atoms with Crippen molar-refractivity contribution in [3.05, 3.63) is 90.3 Å². The van der Waals surface area contributed by atoms with Gasteiger partial charge in [-0.2, -0.15) is 0 Å². The summed E-state index contributed by atoms with van der Waals surface area (Å²) in [6, 6.07) is 11.6. The molecule has 2 saturated carbocycles. The van der Waals surface area contributed by atoms with Crippen molar-refractivity contribution >= 4 is 29.8 Å². The first-order valence-corrected chi connectivity index (χ1v) is 17.0. The number of hydrogen-bond acceptors (Lipinski definition) is 12. The van der Waals surface area contributed by atoms with Gasteiger partial charge in [-0.1, -0.05) is 43.4 Å². The van der Waals surface area contributed by atoms with Gasteiger partial charge in [0.05, 0.1) is 29.1 Å². The third-order valence-electron chi connectivity index (χ3n) is 11.0. The smallest absolute Gasteiger partial charge is 0.340 e. The third-order valence-corrected chi connectivity index (χ3v) is 11.0. The molecule has 51 heavy (non-hydrogen) atoms. The molecule has 0 amide bonds. The van der Waals surface area contributed by atoms with E-state index in [0.717, 1.165) is 0 Å². The number of fused-ring (bicyclic) bond motifs is 1. The molecule has 12 nitrogen and oxygen atoms in total. The van der Waals surface area contributed by atoms with Crippen LogP contribution in [-0.4, -0.2) is 77.1 Å². The van der Waals surface area contributed by atoms with E-state index in [0.29, 0.717) is 11.1 Å². The Morgan fingerprint density at radius 2 is 1.51 bits per heavy atom. The molecule has 2 bridgehead atoms. The first-order chi connectivity index (χ1) is 24.2. The zero-order valence-electron chi connectivity index (χ0n) is 29.5. The summed E-state index contributed by atoms with van der Waals surface area (Å²) in [6.07, 6.45) is 1.84. The number of hydrogen-bond donors (Lipinski definition) is 0. The van der Waals surface area contributed by atoms with Crippen LogP contribution in [0.25, 0.3) is 0 Å². The molecule has 6 rings (SSSR count). The van der Waals surface area contributed by atoms with E-state index in [1.54, 1.807) is 55.5 Å². The lowest BCUT2D eigenvalue weighted by molar-refractivity contribution is -0.238. The van der Waals surface area contributed by atoms with E-state index in [-0.39, 0.29) is 18.6 Å². The van der Waals surface area contributed by atoms with Crippen molar-refractivity contribution in [1.82, 2.24) is 4.98 Å². The molecule has 1 aromatic carbocycles. The van der Waals surface area contributed by atoms with E-state index in [4.69, 9.17) is 28.4 Å². The minimum absolute atomic E-state index is 0.0410. The number of carbonyl (C=O) groups is 5. The molecule has 2 heterocycles. The van der Waals surface area contributed by atoms with Crippen LogP contribution in [-0.2, 0) is 42.8 Å². The lowest BCUT2D eigenvalue weighted by Crippen LogP contribution is -2.64. The quantitative estimate of drug-likeness (QED) is 0.211. The molecule has 270 valence electrons. The van der Waals surface area contributed by atoms with Gasteiger partial charge in [-0.25, -0.2) is 9.59 Å². The fourth-order valence-corrected chi connectivity index (χ4v) is 9.44. The average Bonchev–Trinajstić information content (AvgIpc) is 3.52. The van der Waals surface area contributed by atoms with E-state index < -0.39 is 94.6 Å². The molecule has 0 radical (unpaired) electrons. The maximum atomic E-state index is 14.1. The molecule has 2 aromatic rings. The van der Waals surface area contributed by atoms with Gasteiger partial charge in [0.25, 0.3) is 0 Å². The van der Waals surface area contributed by atoms with Crippen molar-refractivity contribution in [1.29, 1.82) is 0 Å². The minimum Gasteiger partial charge on any atom is -0.462 e. The highest BCUT2D eigenvalue weighted by molar-refractivity contribution is 5.90. The molecule has 3 aliphatic carbocycles. The van der Waals surface area contributed by atoms with Gasteiger partial charge < -0.3 is 28.4 Å². The van der Waals surface area contributed by atoms with Crippen molar-refractivity contribution in [3.8, 4) is 0 Å². The highest BCUT2D eigenvalue weighted by Crippen LogP contribution is 2.68. The lowest BCUT2D eigenvalue weighted by Gasteiger charge is -2.51. The van der Waals surface area contributed by atoms with Crippen LogP contribution in [0, 0.1) is 29.1 Å². The van der Waals surface area contributed by atoms with E-state index in [2.05, 4.69) is 11.6 Å². The molecule has 4 aliphatic rings. The Balaban J connectivity index is 1.66. The van der Waals surface area contributed by atoms with Gasteiger partial charge in [0.1, 0.15) is 23.9 Å². The summed E-state index contributed by atoms with van der Waals surface area (Å²) in [5, 5.41) is 0. The van der Waals surface area contributed by atoms with Crippen molar-refractivity contribution in [3.63, 3.8) is 0 Å². The summed E-state index contributed by atoms with van der Waals surface area (Å²) in [6.45, 7) is 13.3. The predicted octanol–water partition coefficient (Wildman–Crippen LogP) is 4.82. The van der Waals surface area contributed by atoms with Gasteiger partial charge >= 0.3 is 29.8 Å². The fraction of sp³-hybridized carbons (Fsp3) is 0.487.